The number of rotatable bonds is 6. The number of urea groups is 1. The first kappa shape index (κ1) is 10.4. The van der Waals surface area contributed by atoms with Crippen LogP contribution < -0.4 is 11.1 Å². The first-order chi connectivity index (χ1) is 5.27. The molecular weight excluding hydrogens is 160 g/mol. The average molecular weight is 176 g/mol. The molecule has 5 heteroatoms. The van der Waals surface area contributed by atoms with Crippen molar-refractivity contribution in [3.8, 4) is 0 Å². The van der Waals surface area contributed by atoms with Crippen LogP contribution in [0, 0.1) is 0 Å². The van der Waals surface area contributed by atoms with Crippen LogP contribution in [0.4, 0.5) is 4.79 Å². The van der Waals surface area contributed by atoms with Gasteiger partial charge in [0, 0.05) is 13.2 Å². The molecule has 0 aromatic rings. The maximum atomic E-state index is 10.2. The van der Waals surface area contributed by atoms with Gasteiger partial charge in [-0.15, -0.1) is 0 Å². The van der Waals surface area contributed by atoms with Crippen LogP contribution in [0.2, 0.25) is 6.04 Å². The maximum Gasteiger partial charge on any atom is 0.312 e. The lowest BCUT2D eigenvalue weighted by molar-refractivity contribution is 0.249. The van der Waals surface area contributed by atoms with Crippen molar-refractivity contribution in [1.29, 1.82) is 0 Å². The highest BCUT2D eigenvalue weighted by atomic mass is 28.2. The number of nitrogens with one attached hydrogen (secondary N) is 1. The van der Waals surface area contributed by atoms with E-state index in [1.807, 2.05) is 6.92 Å². The lowest BCUT2D eigenvalue weighted by atomic mass is 10.5. The van der Waals surface area contributed by atoms with Gasteiger partial charge in [-0.25, -0.2) is 4.79 Å². The van der Waals surface area contributed by atoms with Crippen LogP contribution in [0.15, 0.2) is 0 Å². The largest absolute Gasteiger partial charge is 0.424 e. The van der Waals surface area contributed by atoms with Crippen molar-refractivity contribution in [2.45, 2.75) is 19.4 Å². The number of primary amides is 1. The highest BCUT2D eigenvalue weighted by molar-refractivity contribution is 6.26. The summed E-state index contributed by atoms with van der Waals surface area (Å²) in [5.74, 6) is 0. The molecular formula is C6H16N2O2Si. The van der Waals surface area contributed by atoms with Crippen molar-refractivity contribution in [1.82, 2.24) is 5.32 Å². The lowest BCUT2D eigenvalue weighted by Gasteiger charge is -2.00. The van der Waals surface area contributed by atoms with Crippen molar-refractivity contribution in [2.24, 2.45) is 5.73 Å². The Kier molecular flexibility index (Phi) is 7.17. The molecule has 0 spiro atoms. The molecule has 0 fully saturated rings. The molecule has 0 aromatic carbocycles. The lowest BCUT2D eigenvalue weighted by Crippen LogP contribution is -2.30. The van der Waals surface area contributed by atoms with Crippen LogP contribution in [0.1, 0.15) is 13.3 Å². The SMILES string of the molecule is CCO[SiH2]CCCNC(N)=O. The van der Waals surface area contributed by atoms with E-state index in [1.165, 1.54) is 0 Å². The summed E-state index contributed by atoms with van der Waals surface area (Å²) in [6, 6.07) is 0.664. The summed E-state index contributed by atoms with van der Waals surface area (Å²) in [5, 5.41) is 2.53. The minimum Gasteiger partial charge on any atom is -0.424 e. The number of hydrogen-bond acceptors (Lipinski definition) is 2. The molecule has 0 rings (SSSR count). The average Bonchev–Trinajstić information content (AvgIpc) is 1.96. The summed E-state index contributed by atoms with van der Waals surface area (Å²) in [7, 11) is -0.326. The third-order valence-corrected chi connectivity index (χ3v) is 2.70. The highest BCUT2D eigenvalue weighted by Crippen LogP contribution is 1.86. The third kappa shape index (κ3) is 9.45. The summed E-state index contributed by atoms with van der Waals surface area (Å²) in [6.45, 7) is 3.49. The maximum absolute atomic E-state index is 10.2. The summed E-state index contributed by atoms with van der Waals surface area (Å²) >= 11 is 0. The zero-order chi connectivity index (χ0) is 8.53. The Morgan fingerprint density at radius 3 is 3.00 bits per heavy atom. The molecule has 0 unspecified atom stereocenters. The summed E-state index contributed by atoms with van der Waals surface area (Å²) in [6.07, 6.45) is 0.981. The predicted molar refractivity (Wildman–Crippen MR) is 47.2 cm³/mol. The van der Waals surface area contributed by atoms with Gasteiger partial charge >= 0.3 is 6.03 Å². The van der Waals surface area contributed by atoms with Gasteiger partial charge in [-0.1, -0.05) is 0 Å². The number of carbonyl (C=O) groups is 1. The first-order valence-electron chi connectivity index (χ1n) is 3.88. The normalized spacial score (nSPS) is 10.6. The van der Waals surface area contributed by atoms with Crippen LogP contribution in [-0.2, 0) is 4.43 Å². The van der Waals surface area contributed by atoms with Crippen LogP contribution in [0.5, 0.6) is 0 Å². The Labute approximate surface area is 69.4 Å². The molecule has 0 radical (unpaired) electrons. The van der Waals surface area contributed by atoms with Gasteiger partial charge in [-0.3, -0.25) is 0 Å². The van der Waals surface area contributed by atoms with E-state index in [9.17, 15) is 4.79 Å². The summed E-state index contributed by atoms with van der Waals surface area (Å²) in [4.78, 5) is 10.2. The molecule has 4 nitrogen and oxygen atoms in total. The fraction of sp³-hybridized carbons (Fsp3) is 0.833. The molecule has 0 heterocycles. The molecule has 11 heavy (non-hydrogen) atoms. The smallest absolute Gasteiger partial charge is 0.312 e. The molecule has 0 saturated carbocycles. The van der Waals surface area contributed by atoms with Crippen molar-refractivity contribution in [2.75, 3.05) is 13.2 Å². The number of nitrogens with two attached hydrogens (primary N) is 1. The van der Waals surface area contributed by atoms with Gasteiger partial charge in [0.2, 0.25) is 0 Å². The predicted octanol–water partition coefficient (Wildman–Crippen LogP) is -0.417. The van der Waals surface area contributed by atoms with Gasteiger partial charge in [-0.05, 0) is 19.4 Å². The van der Waals surface area contributed by atoms with E-state index in [1.54, 1.807) is 0 Å². The van der Waals surface area contributed by atoms with E-state index in [0.29, 0.717) is 6.54 Å². The van der Waals surface area contributed by atoms with Gasteiger partial charge in [0.05, 0.1) is 0 Å². The molecule has 66 valence electrons. The van der Waals surface area contributed by atoms with Crippen LogP contribution in [0.3, 0.4) is 0 Å². The fourth-order valence-corrected chi connectivity index (χ4v) is 1.63. The van der Waals surface area contributed by atoms with Crippen LogP contribution in [-0.4, -0.2) is 28.9 Å². The zero-order valence-corrected chi connectivity index (χ0v) is 8.34. The summed E-state index contributed by atoms with van der Waals surface area (Å²) < 4.78 is 5.24. The van der Waals surface area contributed by atoms with E-state index in [-0.39, 0.29) is 9.76 Å². The van der Waals surface area contributed by atoms with Crippen molar-refractivity contribution in [3.05, 3.63) is 0 Å². The zero-order valence-electron chi connectivity index (χ0n) is 6.93. The van der Waals surface area contributed by atoms with Gasteiger partial charge in [-0.2, -0.15) is 0 Å². The van der Waals surface area contributed by atoms with Crippen molar-refractivity contribution < 1.29 is 9.22 Å². The van der Waals surface area contributed by atoms with E-state index in [2.05, 4.69) is 5.32 Å². The van der Waals surface area contributed by atoms with Gasteiger partial charge in [0.1, 0.15) is 0 Å². The Bertz CT molecular complexity index is 111. The second-order valence-corrected chi connectivity index (χ2v) is 3.72. The fourth-order valence-electron chi connectivity index (χ4n) is 0.685. The van der Waals surface area contributed by atoms with Crippen LogP contribution >= 0.6 is 0 Å². The van der Waals surface area contributed by atoms with E-state index < -0.39 is 6.03 Å². The highest BCUT2D eigenvalue weighted by Gasteiger charge is 1.91. The first-order valence-corrected chi connectivity index (χ1v) is 5.46. The van der Waals surface area contributed by atoms with Gasteiger partial charge < -0.3 is 15.5 Å². The second kappa shape index (κ2) is 7.55. The second-order valence-electron chi connectivity index (χ2n) is 2.20. The monoisotopic (exact) mass is 176 g/mol. The van der Waals surface area contributed by atoms with E-state index in [4.69, 9.17) is 10.2 Å². The molecule has 3 N–H and O–H groups in total. The molecule has 0 aromatic heterocycles. The van der Waals surface area contributed by atoms with Gasteiger partial charge in [0.25, 0.3) is 0 Å². The Morgan fingerprint density at radius 1 is 1.73 bits per heavy atom. The molecule has 0 atom stereocenters. The van der Waals surface area contributed by atoms with Crippen molar-refractivity contribution in [3.63, 3.8) is 0 Å². The Balaban J connectivity index is 2.85. The third-order valence-electron chi connectivity index (χ3n) is 1.22. The number of amides is 2. The quantitative estimate of drug-likeness (QED) is 0.426. The number of hydrogen-bond donors (Lipinski definition) is 2. The van der Waals surface area contributed by atoms with Crippen LogP contribution in [0.25, 0.3) is 0 Å². The van der Waals surface area contributed by atoms with Crippen molar-refractivity contribution >= 4 is 15.8 Å². The minimum absolute atomic E-state index is 0.326. The van der Waals surface area contributed by atoms with Gasteiger partial charge in [0.15, 0.2) is 9.76 Å². The molecule has 2 amide bonds. The van der Waals surface area contributed by atoms with E-state index >= 15 is 0 Å². The molecule has 0 aliphatic carbocycles. The standard InChI is InChI=1S/C6H16N2O2Si/c1-2-10-11-5-3-4-8-6(7)9/h2-5,11H2,1H3,(H3,7,8,9). The molecule has 0 saturated heterocycles. The number of carbonyl (C=O) groups excluding carboxylic acids is 1. The Hall–Kier alpha value is -0.553. The molecule has 0 aliphatic rings. The topological polar surface area (TPSA) is 64.3 Å². The molecule has 0 aliphatic heterocycles. The minimum atomic E-state index is -0.442. The summed E-state index contributed by atoms with van der Waals surface area (Å²) in [5.41, 5.74) is 4.86. The van der Waals surface area contributed by atoms with E-state index in [0.717, 1.165) is 19.1 Å². The molecule has 0 bridgehead atoms. The Morgan fingerprint density at radius 2 is 2.45 bits per heavy atom.